The fourth-order valence-corrected chi connectivity index (χ4v) is 4.57. The van der Waals surface area contributed by atoms with E-state index < -0.39 is 0 Å². The third-order valence-corrected chi connectivity index (χ3v) is 5.66. The van der Waals surface area contributed by atoms with Crippen molar-refractivity contribution < 1.29 is 4.79 Å². The molecule has 0 N–H and O–H groups in total. The summed E-state index contributed by atoms with van der Waals surface area (Å²) in [6, 6.07) is 8.49. The molecule has 2 aromatic heterocycles. The van der Waals surface area contributed by atoms with Crippen molar-refractivity contribution in [2.24, 2.45) is 5.92 Å². The molecule has 2 aliphatic rings. The second-order valence-electron chi connectivity index (χ2n) is 7.96. The van der Waals surface area contributed by atoms with Gasteiger partial charge in [0.05, 0.1) is 11.4 Å². The number of carbonyl (C=O) groups excluding carboxylic acids is 1. The van der Waals surface area contributed by atoms with Crippen LogP contribution in [-0.2, 0) is 10.3 Å². The smallest absolute Gasteiger partial charge is 0.222 e. The highest BCUT2D eigenvalue weighted by Gasteiger charge is 2.50. The minimum Gasteiger partial charge on any atom is -0.355 e. The number of carbonyl (C=O) groups is 1. The molecule has 1 spiro atoms. The minimum atomic E-state index is -0.151. The normalized spacial score (nSPS) is 21.4. The van der Waals surface area contributed by atoms with E-state index in [1.807, 2.05) is 12.3 Å². The molecule has 26 heavy (non-hydrogen) atoms. The van der Waals surface area contributed by atoms with Crippen molar-refractivity contribution in [3.05, 3.63) is 42.4 Å². The van der Waals surface area contributed by atoms with Crippen LogP contribution in [0.4, 0.5) is 5.69 Å². The average Bonchev–Trinajstić information content (AvgIpc) is 3.27. The van der Waals surface area contributed by atoms with Gasteiger partial charge < -0.3 is 14.4 Å². The van der Waals surface area contributed by atoms with Gasteiger partial charge in [-0.05, 0) is 43.0 Å². The SMILES string of the molecule is CCCN1c2cccnc2-n2cccc2[C@]12CCN(C(=O)CC(C)C)C2. The summed E-state index contributed by atoms with van der Waals surface area (Å²) in [5, 5.41) is 0. The lowest BCUT2D eigenvalue weighted by Crippen LogP contribution is -2.53. The van der Waals surface area contributed by atoms with Crippen molar-refractivity contribution in [2.75, 3.05) is 24.5 Å². The molecule has 1 amide bonds. The van der Waals surface area contributed by atoms with Gasteiger partial charge in [0.15, 0.2) is 5.82 Å². The molecule has 0 saturated carbocycles. The monoisotopic (exact) mass is 352 g/mol. The van der Waals surface area contributed by atoms with Crippen LogP contribution in [-0.4, -0.2) is 40.0 Å². The second-order valence-corrected chi connectivity index (χ2v) is 7.96. The number of amides is 1. The van der Waals surface area contributed by atoms with Gasteiger partial charge in [0.1, 0.15) is 5.54 Å². The Labute approximate surface area is 155 Å². The summed E-state index contributed by atoms with van der Waals surface area (Å²) in [5.74, 6) is 1.67. The Bertz CT molecular complexity index is 812. The van der Waals surface area contributed by atoms with Crippen molar-refractivity contribution in [1.82, 2.24) is 14.5 Å². The maximum absolute atomic E-state index is 12.7. The number of nitrogens with zero attached hydrogens (tertiary/aromatic N) is 4. The Morgan fingerprint density at radius 1 is 1.31 bits per heavy atom. The van der Waals surface area contributed by atoms with Gasteiger partial charge in [0.25, 0.3) is 0 Å². The molecule has 2 aromatic rings. The molecule has 4 heterocycles. The van der Waals surface area contributed by atoms with Crippen LogP contribution in [0.25, 0.3) is 5.82 Å². The number of likely N-dealkylation sites (tertiary alicyclic amines) is 1. The zero-order valence-electron chi connectivity index (χ0n) is 16.0. The fourth-order valence-electron chi connectivity index (χ4n) is 4.57. The summed E-state index contributed by atoms with van der Waals surface area (Å²) in [6.45, 7) is 9.00. The molecule has 5 heteroatoms. The first-order valence-corrected chi connectivity index (χ1v) is 9.75. The highest BCUT2D eigenvalue weighted by Crippen LogP contribution is 2.47. The number of fused-ring (bicyclic) bond motifs is 4. The van der Waals surface area contributed by atoms with Crippen molar-refractivity contribution in [3.8, 4) is 5.82 Å². The van der Waals surface area contributed by atoms with Crippen LogP contribution in [0.1, 0.15) is 45.7 Å². The number of aromatic nitrogens is 2. The van der Waals surface area contributed by atoms with Gasteiger partial charge in [-0.15, -0.1) is 0 Å². The molecule has 1 fully saturated rings. The number of rotatable bonds is 4. The van der Waals surface area contributed by atoms with Crippen molar-refractivity contribution in [1.29, 1.82) is 0 Å². The van der Waals surface area contributed by atoms with Crippen LogP contribution in [0, 0.1) is 5.92 Å². The van der Waals surface area contributed by atoms with Gasteiger partial charge in [-0.2, -0.15) is 0 Å². The summed E-state index contributed by atoms with van der Waals surface area (Å²) in [4.78, 5) is 22.0. The zero-order chi connectivity index (χ0) is 18.3. The molecule has 2 aliphatic heterocycles. The van der Waals surface area contributed by atoms with Crippen LogP contribution >= 0.6 is 0 Å². The molecule has 138 valence electrons. The van der Waals surface area contributed by atoms with Crippen LogP contribution in [0.5, 0.6) is 0 Å². The maximum atomic E-state index is 12.7. The summed E-state index contributed by atoms with van der Waals surface area (Å²) in [6.07, 6.45) is 6.62. The number of hydrogen-bond donors (Lipinski definition) is 0. The van der Waals surface area contributed by atoms with E-state index in [0.717, 1.165) is 38.3 Å². The molecular formula is C21H28N4O. The van der Waals surface area contributed by atoms with Gasteiger partial charge in [-0.3, -0.25) is 4.79 Å². The first-order chi connectivity index (χ1) is 12.6. The van der Waals surface area contributed by atoms with Gasteiger partial charge in [0, 0.05) is 38.4 Å². The lowest BCUT2D eigenvalue weighted by Gasteiger charge is -2.47. The molecule has 1 saturated heterocycles. The van der Waals surface area contributed by atoms with Gasteiger partial charge in [-0.25, -0.2) is 4.98 Å². The fraction of sp³-hybridized carbons (Fsp3) is 0.524. The number of hydrogen-bond acceptors (Lipinski definition) is 3. The minimum absolute atomic E-state index is 0.151. The zero-order valence-corrected chi connectivity index (χ0v) is 16.0. The van der Waals surface area contributed by atoms with E-state index in [9.17, 15) is 4.79 Å². The summed E-state index contributed by atoms with van der Waals surface area (Å²) < 4.78 is 2.22. The van der Waals surface area contributed by atoms with Crippen LogP contribution in [0.3, 0.4) is 0 Å². The van der Waals surface area contributed by atoms with Gasteiger partial charge >= 0.3 is 0 Å². The molecule has 5 nitrogen and oxygen atoms in total. The lowest BCUT2D eigenvalue weighted by atomic mass is 9.88. The first-order valence-electron chi connectivity index (χ1n) is 9.75. The molecule has 4 rings (SSSR count). The van der Waals surface area contributed by atoms with Crippen molar-refractivity contribution in [2.45, 2.75) is 45.6 Å². The Balaban J connectivity index is 1.77. The standard InChI is InChI=1S/C21H28N4O/c1-4-11-25-17-7-5-10-22-20(17)24-12-6-8-18(24)21(25)9-13-23(15-21)19(26)14-16(2)3/h5-8,10,12,16H,4,9,11,13-15H2,1-3H3/t21-/m1/s1. The van der Waals surface area contributed by atoms with E-state index in [4.69, 9.17) is 0 Å². The molecule has 0 aromatic carbocycles. The lowest BCUT2D eigenvalue weighted by molar-refractivity contribution is -0.131. The Morgan fingerprint density at radius 2 is 2.15 bits per heavy atom. The van der Waals surface area contributed by atoms with E-state index in [1.54, 1.807) is 0 Å². The molecule has 0 unspecified atom stereocenters. The quantitative estimate of drug-likeness (QED) is 0.845. The summed E-state index contributed by atoms with van der Waals surface area (Å²) >= 11 is 0. The van der Waals surface area contributed by atoms with E-state index in [1.165, 1.54) is 11.4 Å². The summed E-state index contributed by atoms with van der Waals surface area (Å²) in [7, 11) is 0. The third kappa shape index (κ3) is 2.52. The van der Waals surface area contributed by atoms with Crippen molar-refractivity contribution in [3.63, 3.8) is 0 Å². The van der Waals surface area contributed by atoms with E-state index >= 15 is 0 Å². The first kappa shape index (κ1) is 17.1. The number of pyridine rings is 1. The Morgan fingerprint density at radius 3 is 2.92 bits per heavy atom. The molecule has 0 radical (unpaired) electrons. The summed E-state index contributed by atoms with van der Waals surface area (Å²) in [5.41, 5.74) is 2.29. The predicted octanol–water partition coefficient (Wildman–Crippen LogP) is 3.58. The maximum Gasteiger partial charge on any atom is 0.222 e. The topological polar surface area (TPSA) is 41.4 Å². The molecule has 1 atom stereocenters. The highest BCUT2D eigenvalue weighted by molar-refractivity contribution is 5.77. The molecule has 0 aliphatic carbocycles. The van der Waals surface area contributed by atoms with Crippen LogP contribution < -0.4 is 4.90 Å². The second kappa shape index (κ2) is 6.45. The predicted molar refractivity (Wildman–Crippen MR) is 104 cm³/mol. The van der Waals surface area contributed by atoms with Crippen LogP contribution in [0.2, 0.25) is 0 Å². The number of anilines is 1. The third-order valence-electron chi connectivity index (χ3n) is 5.66. The van der Waals surface area contributed by atoms with Crippen LogP contribution in [0.15, 0.2) is 36.7 Å². The van der Waals surface area contributed by atoms with E-state index in [-0.39, 0.29) is 11.4 Å². The Kier molecular flexibility index (Phi) is 4.25. The van der Waals surface area contributed by atoms with Crippen molar-refractivity contribution >= 4 is 11.6 Å². The largest absolute Gasteiger partial charge is 0.355 e. The average molecular weight is 352 g/mol. The molecule has 0 bridgehead atoms. The van der Waals surface area contributed by atoms with E-state index in [2.05, 4.69) is 64.5 Å². The van der Waals surface area contributed by atoms with Gasteiger partial charge in [-0.1, -0.05) is 20.8 Å². The Hall–Kier alpha value is -2.30. The highest BCUT2D eigenvalue weighted by atomic mass is 16.2. The van der Waals surface area contributed by atoms with E-state index in [0.29, 0.717) is 12.3 Å². The van der Waals surface area contributed by atoms with Gasteiger partial charge in [0.2, 0.25) is 5.91 Å². The molecular weight excluding hydrogens is 324 g/mol.